The summed E-state index contributed by atoms with van der Waals surface area (Å²) in [7, 11) is 0. The number of phenols is 1. The Morgan fingerprint density at radius 1 is 1.21 bits per heavy atom. The Balaban J connectivity index is 1.96. The average molecular weight is 424 g/mol. The topological polar surface area (TPSA) is 78.8 Å². The lowest BCUT2D eigenvalue weighted by atomic mass is 9.81. The first-order valence-corrected chi connectivity index (χ1v) is 9.87. The highest BCUT2D eigenvalue weighted by Gasteiger charge is 2.41. The third-order valence-corrected chi connectivity index (χ3v) is 5.51. The summed E-state index contributed by atoms with van der Waals surface area (Å²) in [4.78, 5) is 12.2. The van der Waals surface area contributed by atoms with E-state index >= 15 is 0 Å². The van der Waals surface area contributed by atoms with Gasteiger partial charge in [-0.15, -0.1) is 0 Å². The summed E-state index contributed by atoms with van der Waals surface area (Å²) in [6.07, 6.45) is 0.203. The number of hydrogen-bond donors (Lipinski definition) is 3. The van der Waals surface area contributed by atoms with Crippen molar-refractivity contribution >= 4 is 29.1 Å². The molecule has 2 aromatic carbocycles. The van der Waals surface area contributed by atoms with Crippen molar-refractivity contribution < 1.29 is 19.7 Å². The lowest BCUT2D eigenvalue weighted by Gasteiger charge is -2.43. The summed E-state index contributed by atoms with van der Waals surface area (Å²) in [6.45, 7) is 1.73. The Bertz CT molecular complexity index is 860. The molecular weight excluding hydrogens is 401 g/mol. The van der Waals surface area contributed by atoms with Gasteiger partial charge in [0.05, 0.1) is 23.8 Å². The summed E-state index contributed by atoms with van der Waals surface area (Å²) in [5.41, 5.74) is 0.861. The molecular formula is C21H23Cl2NO4. The standard InChI is InChI=1S/C21H23Cl2NO4/c1-21(24-19(26)8-9-25)11-17(13-4-2-5-14(22)10-13)28-18(12-21)15-6-3-7-16(23)20(15)27/h2-7,10,17-18,25,27H,8-9,11-12H2,1H3,(H,24,26)/t17-,18+,21-/m0/s1. The molecule has 1 aliphatic heterocycles. The number of halogens is 2. The van der Waals surface area contributed by atoms with Crippen LogP contribution in [0.4, 0.5) is 0 Å². The van der Waals surface area contributed by atoms with Crippen LogP contribution in [0.3, 0.4) is 0 Å². The Morgan fingerprint density at radius 3 is 2.64 bits per heavy atom. The summed E-state index contributed by atoms with van der Waals surface area (Å²) in [6, 6.07) is 12.5. The number of para-hydroxylation sites is 1. The van der Waals surface area contributed by atoms with Gasteiger partial charge in [-0.05, 0) is 30.7 Å². The summed E-state index contributed by atoms with van der Waals surface area (Å²) in [5.74, 6) is -0.254. The van der Waals surface area contributed by atoms with E-state index in [-0.39, 0.29) is 35.8 Å². The maximum absolute atomic E-state index is 12.2. The summed E-state index contributed by atoms with van der Waals surface area (Å²) in [5, 5.41) is 23.4. The minimum Gasteiger partial charge on any atom is -0.506 e. The Labute approximate surface area is 174 Å². The van der Waals surface area contributed by atoms with Crippen molar-refractivity contribution in [3.05, 3.63) is 63.6 Å². The lowest BCUT2D eigenvalue weighted by Crippen LogP contribution is -2.51. The van der Waals surface area contributed by atoms with Crippen LogP contribution in [0.1, 0.15) is 49.5 Å². The number of aliphatic hydroxyl groups excluding tert-OH is 1. The van der Waals surface area contributed by atoms with Crippen LogP contribution in [0.15, 0.2) is 42.5 Å². The van der Waals surface area contributed by atoms with Gasteiger partial charge in [0.25, 0.3) is 0 Å². The molecule has 3 rings (SSSR count). The number of benzene rings is 2. The first-order chi connectivity index (χ1) is 13.3. The highest BCUT2D eigenvalue weighted by Crippen LogP contribution is 2.46. The van der Waals surface area contributed by atoms with Crippen molar-refractivity contribution in [1.82, 2.24) is 5.32 Å². The largest absolute Gasteiger partial charge is 0.506 e. The van der Waals surface area contributed by atoms with E-state index in [9.17, 15) is 9.90 Å². The SMILES string of the molecule is C[C@]1(NC(=O)CCO)C[C@@H](c2cccc(Cl)c2)O[C@@H](c2cccc(Cl)c2O)C1. The van der Waals surface area contributed by atoms with Crippen LogP contribution in [0.2, 0.25) is 10.0 Å². The quantitative estimate of drug-likeness (QED) is 0.658. The number of aromatic hydroxyl groups is 1. The predicted molar refractivity (Wildman–Crippen MR) is 109 cm³/mol. The number of hydrogen-bond acceptors (Lipinski definition) is 4. The lowest BCUT2D eigenvalue weighted by molar-refractivity contribution is -0.129. The Kier molecular flexibility index (Phi) is 6.50. The van der Waals surface area contributed by atoms with Crippen molar-refractivity contribution in [3.8, 4) is 5.75 Å². The molecule has 0 aromatic heterocycles. The molecule has 28 heavy (non-hydrogen) atoms. The smallest absolute Gasteiger partial charge is 0.222 e. The van der Waals surface area contributed by atoms with E-state index in [2.05, 4.69) is 5.32 Å². The molecule has 150 valence electrons. The first kappa shape index (κ1) is 20.9. The van der Waals surface area contributed by atoms with E-state index in [1.54, 1.807) is 24.3 Å². The van der Waals surface area contributed by atoms with Crippen molar-refractivity contribution in [2.75, 3.05) is 6.61 Å². The van der Waals surface area contributed by atoms with Gasteiger partial charge in [0.2, 0.25) is 5.91 Å². The van der Waals surface area contributed by atoms with Gasteiger partial charge in [-0.25, -0.2) is 0 Å². The van der Waals surface area contributed by atoms with Crippen LogP contribution in [0.5, 0.6) is 5.75 Å². The minimum atomic E-state index is -0.600. The molecule has 1 heterocycles. The third kappa shape index (κ3) is 4.78. The molecule has 0 saturated carbocycles. The summed E-state index contributed by atoms with van der Waals surface area (Å²) < 4.78 is 6.31. The van der Waals surface area contributed by atoms with Gasteiger partial charge in [0.15, 0.2) is 0 Å². The molecule has 5 nitrogen and oxygen atoms in total. The minimum absolute atomic E-state index is 0.0232. The van der Waals surface area contributed by atoms with E-state index in [0.29, 0.717) is 23.4 Å². The van der Waals surface area contributed by atoms with Gasteiger partial charge >= 0.3 is 0 Å². The first-order valence-electron chi connectivity index (χ1n) is 9.11. The zero-order valence-electron chi connectivity index (χ0n) is 15.5. The van der Waals surface area contributed by atoms with Crippen LogP contribution in [-0.4, -0.2) is 28.3 Å². The monoisotopic (exact) mass is 423 g/mol. The second-order valence-corrected chi connectivity index (χ2v) is 8.18. The van der Waals surface area contributed by atoms with Crippen molar-refractivity contribution in [2.24, 2.45) is 0 Å². The highest BCUT2D eigenvalue weighted by atomic mass is 35.5. The van der Waals surface area contributed by atoms with Crippen LogP contribution in [0, 0.1) is 0 Å². The van der Waals surface area contributed by atoms with E-state index in [4.69, 9.17) is 33.0 Å². The number of phenolic OH excluding ortho intramolecular Hbond substituents is 1. The van der Waals surface area contributed by atoms with Gasteiger partial charge in [0, 0.05) is 35.4 Å². The van der Waals surface area contributed by atoms with Crippen molar-refractivity contribution in [3.63, 3.8) is 0 Å². The van der Waals surface area contributed by atoms with Crippen molar-refractivity contribution in [2.45, 2.75) is 43.9 Å². The molecule has 0 radical (unpaired) electrons. The van der Waals surface area contributed by atoms with Gasteiger partial charge in [0.1, 0.15) is 5.75 Å². The fourth-order valence-corrected chi connectivity index (χ4v) is 4.06. The molecule has 0 bridgehead atoms. The normalized spacial score (nSPS) is 24.7. The highest BCUT2D eigenvalue weighted by molar-refractivity contribution is 6.32. The number of carbonyl (C=O) groups excluding carboxylic acids is 1. The molecule has 1 saturated heterocycles. The van der Waals surface area contributed by atoms with E-state index in [1.807, 2.05) is 25.1 Å². The number of aliphatic hydroxyl groups is 1. The van der Waals surface area contributed by atoms with Crippen molar-refractivity contribution in [1.29, 1.82) is 0 Å². The van der Waals surface area contributed by atoms with Gasteiger partial charge in [-0.2, -0.15) is 0 Å². The zero-order valence-corrected chi connectivity index (χ0v) is 17.0. The second-order valence-electron chi connectivity index (χ2n) is 7.34. The van der Waals surface area contributed by atoms with Gasteiger partial charge in [-0.3, -0.25) is 4.79 Å². The van der Waals surface area contributed by atoms with E-state index < -0.39 is 11.6 Å². The molecule has 0 aliphatic carbocycles. The maximum atomic E-state index is 12.2. The van der Waals surface area contributed by atoms with E-state index in [1.165, 1.54) is 0 Å². The molecule has 2 aromatic rings. The Morgan fingerprint density at radius 2 is 1.93 bits per heavy atom. The molecule has 0 unspecified atom stereocenters. The molecule has 3 N–H and O–H groups in total. The molecule has 1 amide bonds. The zero-order chi connectivity index (χ0) is 20.3. The Hall–Kier alpha value is -1.79. The summed E-state index contributed by atoms with van der Waals surface area (Å²) >= 11 is 12.2. The van der Waals surface area contributed by atoms with Crippen LogP contribution in [0.25, 0.3) is 0 Å². The maximum Gasteiger partial charge on any atom is 0.222 e. The number of carbonyl (C=O) groups is 1. The van der Waals surface area contributed by atoms with Gasteiger partial charge < -0.3 is 20.3 Å². The number of rotatable bonds is 5. The fraction of sp³-hybridized carbons (Fsp3) is 0.381. The molecule has 1 fully saturated rings. The second kappa shape index (κ2) is 8.70. The molecule has 3 atom stereocenters. The fourth-order valence-electron chi connectivity index (χ4n) is 3.68. The van der Waals surface area contributed by atoms with Crippen LogP contribution < -0.4 is 5.32 Å². The third-order valence-electron chi connectivity index (χ3n) is 4.97. The van der Waals surface area contributed by atoms with E-state index in [0.717, 1.165) is 5.56 Å². The molecule has 0 spiro atoms. The molecule has 7 heteroatoms. The number of nitrogens with one attached hydrogen (secondary N) is 1. The van der Waals surface area contributed by atoms with Crippen LogP contribution in [-0.2, 0) is 9.53 Å². The number of amides is 1. The average Bonchev–Trinajstić information content (AvgIpc) is 2.63. The number of ether oxygens (including phenoxy) is 1. The van der Waals surface area contributed by atoms with Crippen LogP contribution >= 0.6 is 23.2 Å². The predicted octanol–water partition coefficient (Wildman–Crippen LogP) is 4.55. The van der Waals surface area contributed by atoms with Gasteiger partial charge in [-0.1, -0.05) is 47.5 Å². The molecule has 1 aliphatic rings.